The fraction of sp³-hybridized carbons (Fsp3) is 1.00. The van der Waals surface area contributed by atoms with Crippen molar-refractivity contribution in [2.75, 3.05) is 13.1 Å². The maximum absolute atomic E-state index is 12.2. The van der Waals surface area contributed by atoms with Crippen LogP contribution in [0.2, 0.25) is 0 Å². The van der Waals surface area contributed by atoms with E-state index < -0.39 is 10.0 Å². The van der Waals surface area contributed by atoms with Gasteiger partial charge in [0.2, 0.25) is 10.0 Å². The monoisotopic (exact) mass is 246 g/mol. The quantitative estimate of drug-likeness (QED) is 0.788. The Hall–Kier alpha value is -0.130. The summed E-state index contributed by atoms with van der Waals surface area (Å²) in [5.41, 5.74) is 6.11. The molecule has 0 radical (unpaired) electrons. The Morgan fingerprint density at radius 3 is 2.38 bits per heavy atom. The fourth-order valence-electron chi connectivity index (χ4n) is 2.27. The van der Waals surface area contributed by atoms with E-state index >= 15 is 0 Å². The lowest BCUT2D eigenvalue weighted by Gasteiger charge is -2.43. The number of hydrogen-bond acceptors (Lipinski definition) is 3. The highest BCUT2D eigenvalue weighted by Crippen LogP contribution is 2.34. The fourth-order valence-corrected chi connectivity index (χ4v) is 4.33. The van der Waals surface area contributed by atoms with E-state index in [0.717, 1.165) is 25.7 Å². The van der Waals surface area contributed by atoms with Gasteiger partial charge in [-0.25, -0.2) is 12.7 Å². The van der Waals surface area contributed by atoms with E-state index in [9.17, 15) is 8.42 Å². The van der Waals surface area contributed by atoms with Crippen LogP contribution >= 0.6 is 0 Å². The topological polar surface area (TPSA) is 63.4 Å². The van der Waals surface area contributed by atoms with Gasteiger partial charge >= 0.3 is 0 Å². The summed E-state index contributed by atoms with van der Waals surface area (Å²) in [5.74, 6) is 0. The third kappa shape index (κ3) is 2.00. The van der Waals surface area contributed by atoms with Crippen molar-refractivity contribution in [2.24, 2.45) is 11.1 Å². The largest absolute Gasteiger partial charge is 0.326 e. The van der Waals surface area contributed by atoms with Crippen LogP contribution in [0.25, 0.3) is 0 Å². The molecule has 4 nitrogen and oxygen atoms in total. The highest BCUT2D eigenvalue weighted by Gasteiger charge is 2.42. The molecule has 16 heavy (non-hydrogen) atoms. The summed E-state index contributed by atoms with van der Waals surface area (Å²) in [6, 6.07) is -0.0453. The lowest BCUT2D eigenvalue weighted by atomic mass is 9.79. The van der Waals surface area contributed by atoms with Gasteiger partial charge in [0.1, 0.15) is 0 Å². The van der Waals surface area contributed by atoms with E-state index in [0.29, 0.717) is 13.1 Å². The first-order valence-corrected chi connectivity index (χ1v) is 7.59. The highest BCUT2D eigenvalue weighted by molar-refractivity contribution is 7.89. The molecule has 1 atom stereocenters. The predicted octanol–water partition coefficient (Wildman–Crippen LogP) is 0.928. The first kappa shape index (κ1) is 12.3. The zero-order valence-corrected chi connectivity index (χ0v) is 11.0. The van der Waals surface area contributed by atoms with Gasteiger partial charge in [-0.3, -0.25) is 0 Å². The molecule has 1 saturated heterocycles. The molecule has 2 rings (SSSR count). The molecule has 0 spiro atoms. The van der Waals surface area contributed by atoms with E-state index in [-0.39, 0.29) is 16.7 Å². The van der Waals surface area contributed by atoms with Gasteiger partial charge in [0.15, 0.2) is 0 Å². The molecule has 94 valence electrons. The van der Waals surface area contributed by atoms with Crippen molar-refractivity contribution < 1.29 is 8.42 Å². The summed E-state index contributed by atoms with van der Waals surface area (Å²) in [4.78, 5) is 0. The first-order chi connectivity index (χ1) is 7.34. The van der Waals surface area contributed by atoms with Crippen LogP contribution in [0.15, 0.2) is 0 Å². The number of hydrogen-bond donors (Lipinski definition) is 1. The Bertz CT molecular complexity index is 360. The van der Waals surface area contributed by atoms with Gasteiger partial charge in [0.05, 0.1) is 5.25 Å². The van der Waals surface area contributed by atoms with Gasteiger partial charge in [-0.05, 0) is 24.7 Å². The molecular formula is C11H22N2O2S. The lowest BCUT2D eigenvalue weighted by molar-refractivity contribution is 0.159. The SMILES string of the molecule is CC1(C)CCN(S(=O)(=O)C2CCC2)CC1N. The molecule has 0 aromatic rings. The van der Waals surface area contributed by atoms with Gasteiger partial charge in [-0.15, -0.1) is 0 Å². The van der Waals surface area contributed by atoms with Gasteiger partial charge < -0.3 is 5.73 Å². The molecule has 1 aliphatic carbocycles. The third-order valence-electron chi connectivity index (χ3n) is 4.24. The Morgan fingerprint density at radius 2 is 1.94 bits per heavy atom. The van der Waals surface area contributed by atoms with Crippen LogP contribution in [0.1, 0.15) is 39.5 Å². The number of sulfonamides is 1. The van der Waals surface area contributed by atoms with Crippen molar-refractivity contribution in [3.63, 3.8) is 0 Å². The van der Waals surface area contributed by atoms with Crippen molar-refractivity contribution in [2.45, 2.75) is 50.8 Å². The van der Waals surface area contributed by atoms with Crippen molar-refractivity contribution in [3.8, 4) is 0 Å². The van der Waals surface area contributed by atoms with E-state index in [1.165, 1.54) is 0 Å². The smallest absolute Gasteiger partial charge is 0.217 e. The maximum atomic E-state index is 12.2. The van der Waals surface area contributed by atoms with Gasteiger partial charge in [0.25, 0.3) is 0 Å². The summed E-state index contributed by atoms with van der Waals surface area (Å²) < 4.78 is 26.0. The normalized spacial score (nSPS) is 32.3. The van der Waals surface area contributed by atoms with Gasteiger partial charge in [-0.2, -0.15) is 0 Å². The molecule has 0 aromatic carbocycles. The van der Waals surface area contributed by atoms with Crippen LogP contribution in [0.4, 0.5) is 0 Å². The average Bonchev–Trinajstić information content (AvgIpc) is 2.05. The van der Waals surface area contributed by atoms with Crippen LogP contribution in [0.5, 0.6) is 0 Å². The minimum atomic E-state index is -3.06. The second kappa shape index (κ2) is 3.96. The molecule has 1 unspecified atom stereocenters. The van der Waals surface area contributed by atoms with Crippen LogP contribution in [-0.4, -0.2) is 37.1 Å². The molecule has 1 heterocycles. The van der Waals surface area contributed by atoms with Gasteiger partial charge in [-0.1, -0.05) is 20.3 Å². The molecule has 2 aliphatic rings. The number of nitrogens with two attached hydrogens (primary N) is 1. The van der Waals surface area contributed by atoms with Crippen molar-refractivity contribution in [1.82, 2.24) is 4.31 Å². The second-order valence-corrected chi connectivity index (χ2v) is 8.01. The molecular weight excluding hydrogens is 224 g/mol. The molecule has 0 aromatic heterocycles. The summed E-state index contributed by atoms with van der Waals surface area (Å²) in [6.45, 7) is 5.36. The van der Waals surface area contributed by atoms with Crippen molar-refractivity contribution in [1.29, 1.82) is 0 Å². The van der Waals surface area contributed by atoms with Crippen LogP contribution in [-0.2, 0) is 10.0 Å². The van der Waals surface area contributed by atoms with E-state index in [2.05, 4.69) is 13.8 Å². The van der Waals surface area contributed by atoms with Gasteiger partial charge in [0, 0.05) is 19.1 Å². The number of rotatable bonds is 2. The second-order valence-electron chi connectivity index (χ2n) is 5.80. The van der Waals surface area contributed by atoms with Crippen molar-refractivity contribution in [3.05, 3.63) is 0 Å². The molecule has 2 N–H and O–H groups in total. The molecule has 1 saturated carbocycles. The zero-order chi connectivity index (χ0) is 12.0. The summed E-state index contributed by atoms with van der Waals surface area (Å²) >= 11 is 0. The molecule has 2 fully saturated rings. The van der Waals surface area contributed by atoms with Crippen LogP contribution in [0.3, 0.4) is 0 Å². The van der Waals surface area contributed by atoms with E-state index in [4.69, 9.17) is 5.73 Å². The minimum Gasteiger partial charge on any atom is -0.326 e. The Morgan fingerprint density at radius 1 is 1.31 bits per heavy atom. The standard InChI is InChI=1S/C11H22N2O2S/c1-11(2)6-7-13(8-10(11)12)16(14,15)9-4-3-5-9/h9-10H,3-8,12H2,1-2H3. The molecule has 0 bridgehead atoms. The Kier molecular flexibility index (Phi) is 3.05. The van der Waals surface area contributed by atoms with Crippen LogP contribution < -0.4 is 5.73 Å². The zero-order valence-electron chi connectivity index (χ0n) is 10.1. The highest BCUT2D eigenvalue weighted by atomic mass is 32.2. The number of nitrogens with zero attached hydrogens (tertiary/aromatic N) is 1. The Balaban J connectivity index is 2.07. The van der Waals surface area contributed by atoms with E-state index in [1.54, 1.807) is 4.31 Å². The summed E-state index contributed by atoms with van der Waals surface area (Å²) in [6.07, 6.45) is 3.57. The van der Waals surface area contributed by atoms with Crippen molar-refractivity contribution >= 4 is 10.0 Å². The molecule has 1 aliphatic heterocycles. The summed E-state index contributed by atoms with van der Waals surface area (Å²) in [7, 11) is -3.06. The third-order valence-corrected chi connectivity index (χ3v) is 6.61. The van der Waals surface area contributed by atoms with Crippen LogP contribution in [0, 0.1) is 5.41 Å². The average molecular weight is 246 g/mol. The van der Waals surface area contributed by atoms with E-state index in [1.807, 2.05) is 0 Å². The maximum Gasteiger partial charge on any atom is 0.217 e. The number of piperidine rings is 1. The minimum absolute atomic E-state index is 0.0453. The Labute approximate surface area is 98.2 Å². The predicted molar refractivity (Wildman–Crippen MR) is 64.5 cm³/mol. The summed E-state index contributed by atoms with van der Waals surface area (Å²) in [5, 5.41) is -0.124. The first-order valence-electron chi connectivity index (χ1n) is 6.08. The molecule has 5 heteroatoms. The lowest BCUT2D eigenvalue weighted by Crippen LogP contribution is -2.56. The molecule has 0 amide bonds.